The van der Waals surface area contributed by atoms with Crippen LogP contribution in [-0.2, 0) is 4.79 Å². The van der Waals surface area contributed by atoms with E-state index in [9.17, 15) is 9.59 Å². The Morgan fingerprint density at radius 1 is 1.12 bits per heavy atom. The zero-order valence-electron chi connectivity index (χ0n) is 19.2. The van der Waals surface area contributed by atoms with Gasteiger partial charge in [0, 0.05) is 49.3 Å². The monoisotopic (exact) mass is 486 g/mol. The smallest absolute Gasteiger partial charge is 0.254 e. The molecule has 4 rings (SSSR count). The Kier molecular flexibility index (Phi) is 8.57. The standard InChI is InChI=1S/C25H34N4O2S2/c1-2-3-9-20-15-29(25(31)22-11-6-8-18-7-4-5-10-21(18)22)13-12-28(20)14-19-16-32-33-17-23(26)24(30)27-19/h4-8,10-11,19-20,23H,2-3,9,12-17,26H2,1H3,(H,27,30)/t19-,20+,23+/m1/s1. The number of nitrogens with one attached hydrogen (secondary N) is 1. The molecule has 8 heteroatoms. The van der Waals surface area contributed by atoms with E-state index in [2.05, 4.69) is 29.3 Å². The van der Waals surface area contributed by atoms with Gasteiger partial charge in [0.1, 0.15) is 0 Å². The zero-order valence-corrected chi connectivity index (χ0v) is 20.9. The first-order valence-electron chi connectivity index (χ1n) is 11.9. The third-order valence-corrected chi connectivity index (χ3v) is 9.06. The summed E-state index contributed by atoms with van der Waals surface area (Å²) in [5.41, 5.74) is 6.76. The number of unbranched alkanes of at least 4 members (excludes halogenated alkanes) is 1. The van der Waals surface area contributed by atoms with Gasteiger partial charge in [-0.15, -0.1) is 0 Å². The molecule has 2 aromatic rings. The normalized spacial score (nSPS) is 24.8. The van der Waals surface area contributed by atoms with Gasteiger partial charge in [0.05, 0.1) is 12.1 Å². The summed E-state index contributed by atoms with van der Waals surface area (Å²) < 4.78 is 0. The van der Waals surface area contributed by atoms with Crippen molar-refractivity contribution in [3.63, 3.8) is 0 Å². The van der Waals surface area contributed by atoms with E-state index in [-0.39, 0.29) is 17.9 Å². The molecular formula is C25H34N4O2S2. The molecule has 178 valence electrons. The van der Waals surface area contributed by atoms with Crippen molar-refractivity contribution >= 4 is 44.2 Å². The van der Waals surface area contributed by atoms with Crippen molar-refractivity contribution in [2.45, 2.75) is 44.3 Å². The third-order valence-electron chi connectivity index (χ3n) is 6.54. The molecule has 33 heavy (non-hydrogen) atoms. The number of rotatable bonds is 6. The lowest BCUT2D eigenvalue weighted by Gasteiger charge is -2.43. The third kappa shape index (κ3) is 6.04. The number of amides is 2. The molecule has 2 aliphatic heterocycles. The van der Waals surface area contributed by atoms with Crippen LogP contribution in [0.5, 0.6) is 0 Å². The molecule has 0 aliphatic carbocycles. The van der Waals surface area contributed by atoms with Gasteiger partial charge < -0.3 is 16.0 Å². The molecule has 0 bridgehead atoms. The fourth-order valence-corrected chi connectivity index (χ4v) is 7.03. The molecule has 2 fully saturated rings. The molecule has 0 saturated carbocycles. The summed E-state index contributed by atoms with van der Waals surface area (Å²) in [5.74, 6) is 1.59. The van der Waals surface area contributed by atoms with Gasteiger partial charge in [-0.25, -0.2) is 0 Å². The molecule has 2 amide bonds. The van der Waals surface area contributed by atoms with Crippen LogP contribution in [0.25, 0.3) is 10.8 Å². The molecule has 0 unspecified atom stereocenters. The highest BCUT2D eigenvalue weighted by Gasteiger charge is 2.32. The molecule has 2 saturated heterocycles. The molecule has 0 spiro atoms. The van der Waals surface area contributed by atoms with Gasteiger partial charge in [-0.2, -0.15) is 0 Å². The van der Waals surface area contributed by atoms with E-state index in [1.54, 1.807) is 21.6 Å². The molecular weight excluding hydrogens is 452 g/mol. The van der Waals surface area contributed by atoms with Crippen molar-refractivity contribution in [1.82, 2.24) is 15.1 Å². The van der Waals surface area contributed by atoms with Crippen molar-refractivity contribution in [1.29, 1.82) is 0 Å². The van der Waals surface area contributed by atoms with Gasteiger partial charge in [-0.05, 0) is 23.3 Å². The van der Waals surface area contributed by atoms with Gasteiger partial charge in [0.2, 0.25) is 5.91 Å². The predicted molar refractivity (Wildman–Crippen MR) is 140 cm³/mol. The molecule has 0 radical (unpaired) electrons. The summed E-state index contributed by atoms with van der Waals surface area (Å²) in [6, 6.07) is 14.0. The van der Waals surface area contributed by atoms with E-state index >= 15 is 0 Å². The second-order valence-corrected chi connectivity index (χ2v) is 11.5. The Balaban J connectivity index is 1.46. The minimum atomic E-state index is -0.448. The van der Waals surface area contributed by atoms with E-state index in [4.69, 9.17) is 5.73 Å². The quantitative estimate of drug-likeness (QED) is 0.610. The first-order valence-corrected chi connectivity index (χ1v) is 14.4. The van der Waals surface area contributed by atoms with E-state index in [1.807, 2.05) is 35.2 Å². The summed E-state index contributed by atoms with van der Waals surface area (Å²) in [7, 11) is 3.47. The Hall–Kier alpha value is -1.74. The van der Waals surface area contributed by atoms with Crippen molar-refractivity contribution in [2.24, 2.45) is 5.73 Å². The van der Waals surface area contributed by atoms with Crippen LogP contribution in [0.4, 0.5) is 0 Å². The van der Waals surface area contributed by atoms with Crippen LogP contribution in [0, 0.1) is 0 Å². The Morgan fingerprint density at radius 2 is 1.91 bits per heavy atom. The highest BCUT2D eigenvalue weighted by molar-refractivity contribution is 8.76. The number of hydrogen-bond donors (Lipinski definition) is 2. The van der Waals surface area contributed by atoms with E-state index < -0.39 is 6.04 Å². The first-order chi connectivity index (χ1) is 16.1. The number of hydrogen-bond acceptors (Lipinski definition) is 6. The minimum Gasteiger partial charge on any atom is -0.350 e. The van der Waals surface area contributed by atoms with Crippen LogP contribution >= 0.6 is 21.6 Å². The number of fused-ring (bicyclic) bond motifs is 1. The maximum absolute atomic E-state index is 13.5. The van der Waals surface area contributed by atoms with Gasteiger partial charge in [0.25, 0.3) is 5.91 Å². The Labute approximate surface area is 204 Å². The lowest BCUT2D eigenvalue weighted by molar-refractivity contribution is -0.122. The summed E-state index contributed by atoms with van der Waals surface area (Å²) in [5, 5.41) is 5.26. The molecule has 2 heterocycles. The van der Waals surface area contributed by atoms with E-state index in [1.165, 1.54) is 0 Å². The number of piperazine rings is 1. The zero-order chi connectivity index (χ0) is 23.2. The van der Waals surface area contributed by atoms with Crippen molar-refractivity contribution in [2.75, 3.05) is 37.7 Å². The summed E-state index contributed by atoms with van der Waals surface area (Å²) in [6.07, 6.45) is 3.31. The van der Waals surface area contributed by atoms with Crippen LogP contribution in [-0.4, -0.2) is 77.4 Å². The molecule has 3 N–H and O–H groups in total. The largest absolute Gasteiger partial charge is 0.350 e. The minimum absolute atomic E-state index is 0.0531. The maximum Gasteiger partial charge on any atom is 0.254 e. The molecule has 2 aliphatic rings. The van der Waals surface area contributed by atoms with E-state index in [0.29, 0.717) is 18.3 Å². The van der Waals surface area contributed by atoms with Crippen molar-refractivity contribution in [3.05, 3.63) is 48.0 Å². The Bertz CT molecular complexity index is 967. The van der Waals surface area contributed by atoms with Crippen LogP contribution in [0.1, 0.15) is 36.5 Å². The second kappa shape index (κ2) is 11.6. The van der Waals surface area contributed by atoms with Crippen LogP contribution in [0.3, 0.4) is 0 Å². The summed E-state index contributed by atoms with van der Waals surface area (Å²) >= 11 is 0. The number of carbonyl (C=O) groups is 2. The lowest BCUT2D eigenvalue weighted by atomic mass is 10.0. The van der Waals surface area contributed by atoms with Gasteiger partial charge in [-0.3, -0.25) is 14.5 Å². The highest BCUT2D eigenvalue weighted by Crippen LogP contribution is 2.26. The average Bonchev–Trinajstić information content (AvgIpc) is 2.84. The SMILES string of the molecule is CCCC[C@H]1CN(C(=O)c2cccc3ccccc23)CCN1C[C@@H]1CSSC[C@H](N)C(=O)N1. The van der Waals surface area contributed by atoms with Crippen molar-refractivity contribution in [3.8, 4) is 0 Å². The van der Waals surface area contributed by atoms with Crippen LogP contribution in [0.15, 0.2) is 42.5 Å². The number of nitrogens with zero attached hydrogens (tertiary/aromatic N) is 2. The second-order valence-electron chi connectivity index (χ2n) is 8.95. The predicted octanol–water partition coefficient (Wildman–Crippen LogP) is 3.36. The topological polar surface area (TPSA) is 78.7 Å². The number of carbonyl (C=O) groups excluding carboxylic acids is 2. The average molecular weight is 487 g/mol. The molecule has 3 atom stereocenters. The van der Waals surface area contributed by atoms with Crippen LogP contribution in [0.2, 0.25) is 0 Å². The summed E-state index contributed by atoms with van der Waals surface area (Å²) in [6.45, 7) is 5.26. The Morgan fingerprint density at radius 3 is 2.76 bits per heavy atom. The maximum atomic E-state index is 13.5. The van der Waals surface area contributed by atoms with E-state index in [0.717, 1.165) is 61.0 Å². The fourth-order valence-electron chi connectivity index (χ4n) is 4.67. The molecule has 0 aromatic heterocycles. The molecule has 2 aromatic carbocycles. The first kappa shape index (κ1) is 24.4. The fraction of sp³-hybridized carbons (Fsp3) is 0.520. The summed E-state index contributed by atoms with van der Waals surface area (Å²) in [4.78, 5) is 30.4. The van der Waals surface area contributed by atoms with Crippen LogP contribution < -0.4 is 11.1 Å². The highest BCUT2D eigenvalue weighted by atomic mass is 33.1. The molecule has 6 nitrogen and oxygen atoms in total. The number of nitrogens with two attached hydrogens (primary N) is 1. The van der Waals surface area contributed by atoms with Crippen molar-refractivity contribution < 1.29 is 9.59 Å². The van der Waals surface area contributed by atoms with Gasteiger partial charge in [-0.1, -0.05) is 77.8 Å². The number of benzene rings is 2. The van der Waals surface area contributed by atoms with Gasteiger partial charge in [0.15, 0.2) is 0 Å². The lowest BCUT2D eigenvalue weighted by Crippen LogP contribution is -2.59. The van der Waals surface area contributed by atoms with Gasteiger partial charge >= 0.3 is 0 Å².